The van der Waals surface area contributed by atoms with E-state index in [4.69, 9.17) is 4.74 Å². The first kappa shape index (κ1) is 14.0. The number of hydrogen-bond donors (Lipinski definition) is 0. The van der Waals surface area contributed by atoms with E-state index in [2.05, 4.69) is 44.6 Å². The molecule has 0 saturated carbocycles. The molecule has 0 atom stereocenters. The van der Waals surface area contributed by atoms with Gasteiger partial charge in [-0.15, -0.1) is 0 Å². The maximum Gasteiger partial charge on any atom is 0.0594 e. The molecule has 4 heteroatoms. The molecule has 0 spiro atoms. The van der Waals surface area contributed by atoms with Crippen molar-refractivity contribution >= 4 is 28.2 Å². The standard InChI is InChI=1S/C16H19NOS2/c1(5-17-6-8-18-9-7-17)2-16(14-3-10-19-12-14)15-4-11-20-13-15/h2-4,10-13H,1,5-9H2. The van der Waals surface area contributed by atoms with Crippen LogP contribution >= 0.6 is 22.7 Å². The molecule has 2 nitrogen and oxygen atoms in total. The van der Waals surface area contributed by atoms with Crippen molar-refractivity contribution in [1.82, 2.24) is 4.90 Å². The Morgan fingerprint density at radius 2 is 1.75 bits per heavy atom. The minimum absolute atomic E-state index is 0.881. The number of hydrogen-bond acceptors (Lipinski definition) is 4. The normalized spacial score (nSPS) is 16.2. The first-order chi connectivity index (χ1) is 9.93. The molecular formula is C16H19NOS2. The van der Waals surface area contributed by atoms with Crippen LogP contribution in [-0.4, -0.2) is 37.7 Å². The average molecular weight is 305 g/mol. The summed E-state index contributed by atoms with van der Waals surface area (Å²) in [6.45, 7) is 5.03. The highest BCUT2D eigenvalue weighted by Crippen LogP contribution is 2.27. The Balaban J connectivity index is 1.68. The predicted octanol–water partition coefficient (Wildman–Crippen LogP) is 3.96. The summed E-state index contributed by atoms with van der Waals surface area (Å²) in [7, 11) is 0. The number of rotatable bonds is 5. The van der Waals surface area contributed by atoms with Crippen molar-refractivity contribution in [3.05, 3.63) is 50.9 Å². The van der Waals surface area contributed by atoms with Gasteiger partial charge in [0.15, 0.2) is 0 Å². The lowest BCUT2D eigenvalue weighted by atomic mass is 10.0. The van der Waals surface area contributed by atoms with E-state index in [0.29, 0.717) is 0 Å². The highest BCUT2D eigenvalue weighted by Gasteiger charge is 2.10. The molecule has 2 aromatic heterocycles. The topological polar surface area (TPSA) is 12.5 Å². The van der Waals surface area contributed by atoms with E-state index in [0.717, 1.165) is 39.3 Å². The van der Waals surface area contributed by atoms with Crippen LogP contribution in [0.4, 0.5) is 0 Å². The van der Waals surface area contributed by atoms with Crippen LogP contribution in [-0.2, 0) is 4.74 Å². The summed E-state index contributed by atoms with van der Waals surface area (Å²) in [5.74, 6) is 0. The molecule has 1 aliphatic rings. The molecule has 2 aromatic rings. The Kier molecular flexibility index (Phi) is 5.03. The second kappa shape index (κ2) is 7.18. The van der Waals surface area contributed by atoms with Gasteiger partial charge in [0.05, 0.1) is 13.2 Å². The van der Waals surface area contributed by atoms with Crippen molar-refractivity contribution in [2.45, 2.75) is 6.42 Å². The molecule has 0 aromatic carbocycles. The quantitative estimate of drug-likeness (QED) is 0.829. The van der Waals surface area contributed by atoms with Gasteiger partial charge in [-0.2, -0.15) is 22.7 Å². The van der Waals surface area contributed by atoms with Gasteiger partial charge in [-0.3, -0.25) is 4.90 Å². The average Bonchev–Trinajstić information content (AvgIpc) is 3.18. The van der Waals surface area contributed by atoms with Crippen LogP contribution in [0.5, 0.6) is 0 Å². The molecule has 1 aliphatic heterocycles. The zero-order valence-corrected chi connectivity index (χ0v) is 13.1. The van der Waals surface area contributed by atoms with Crippen LogP contribution in [0.1, 0.15) is 17.5 Å². The van der Waals surface area contributed by atoms with Crippen LogP contribution in [0.3, 0.4) is 0 Å². The lowest BCUT2D eigenvalue weighted by Gasteiger charge is -2.26. The van der Waals surface area contributed by atoms with Gasteiger partial charge >= 0.3 is 0 Å². The van der Waals surface area contributed by atoms with Crippen LogP contribution in [0.25, 0.3) is 5.57 Å². The van der Waals surface area contributed by atoms with Crippen molar-refractivity contribution in [2.24, 2.45) is 0 Å². The fourth-order valence-electron chi connectivity index (χ4n) is 2.45. The SMILES string of the molecule is C(CCN1CCOCC1)=C(c1ccsc1)c1ccsc1. The summed E-state index contributed by atoms with van der Waals surface area (Å²) >= 11 is 3.52. The number of ether oxygens (including phenoxy) is 1. The summed E-state index contributed by atoms with van der Waals surface area (Å²) in [5.41, 5.74) is 4.06. The molecule has 0 N–H and O–H groups in total. The third kappa shape index (κ3) is 3.58. The molecule has 0 radical (unpaired) electrons. The first-order valence-corrected chi connectivity index (χ1v) is 8.87. The van der Waals surface area contributed by atoms with Crippen LogP contribution in [0.15, 0.2) is 39.7 Å². The van der Waals surface area contributed by atoms with E-state index in [1.54, 1.807) is 22.7 Å². The van der Waals surface area contributed by atoms with Crippen molar-refractivity contribution in [3.63, 3.8) is 0 Å². The summed E-state index contributed by atoms with van der Waals surface area (Å²) in [4.78, 5) is 2.48. The monoisotopic (exact) mass is 305 g/mol. The molecule has 0 bridgehead atoms. The Morgan fingerprint density at radius 3 is 2.30 bits per heavy atom. The number of nitrogens with zero attached hydrogens (tertiary/aromatic N) is 1. The van der Waals surface area contributed by atoms with Crippen LogP contribution in [0.2, 0.25) is 0 Å². The molecule has 0 unspecified atom stereocenters. The molecule has 3 heterocycles. The van der Waals surface area contributed by atoms with Gasteiger partial charge in [-0.1, -0.05) is 6.08 Å². The Labute approximate surface area is 128 Å². The summed E-state index contributed by atoms with van der Waals surface area (Å²) in [6, 6.07) is 4.42. The van der Waals surface area contributed by atoms with E-state index in [9.17, 15) is 0 Å². The van der Waals surface area contributed by atoms with Gasteiger partial charge in [-0.25, -0.2) is 0 Å². The van der Waals surface area contributed by atoms with Crippen molar-refractivity contribution in [2.75, 3.05) is 32.8 Å². The number of thiophene rings is 2. The third-order valence-electron chi connectivity index (χ3n) is 3.56. The van der Waals surface area contributed by atoms with Gasteiger partial charge < -0.3 is 4.74 Å². The Bertz CT molecular complexity index is 489. The number of morpholine rings is 1. The van der Waals surface area contributed by atoms with E-state index in [1.165, 1.54) is 16.7 Å². The lowest BCUT2D eigenvalue weighted by Crippen LogP contribution is -2.36. The van der Waals surface area contributed by atoms with Crippen molar-refractivity contribution in [1.29, 1.82) is 0 Å². The molecule has 3 rings (SSSR count). The van der Waals surface area contributed by atoms with Crippen LogP contribution in [0, 0.1) is 0 Å². The molecule has 1 fully saturated rings. The molecule has 0 aliphatic carbocycles. The Hall–Kier alpha value is -0.940. The minimum atomic E-state index is 0.881. The van der Waals surface area contributed by atoms with Gasteiger partial charge in [0.25, 0.3) is 0 Å². The largest absolute Gasteiger partial charge is 0.379 e. The smallest absolute Gasteiger partial charge is 0.0594 e. The van der Waals surface area contributed by atoms with Gasteiger partial charge in [0, 0.05) is 19.6 Å². The highest BCUT2D eigenvalue weighted by molar-refractivity contribution is 7.08. The van der Waals surface area contributed by atoms with E-state index in [-0.39, 0.29) is 0 Å². The highest BCUT2D eigenvalue weighted by atomic mass is 32.1. The van der Waals surface area contributed by atoms with Crippen molar-refractivity contribution < 1.29 is 4.74 Å². The minimum Gasteiger partial charge on any atom is -0.379 e. The van der Waals surface area contributed by atoms with Crippen molar-refractivity contribution in [3.8, 4) is 0 Å². The summed E-state index contributed by atoms with van der Waals surface area (Å²) in [5, 5.41) is 8.77. The zero-order chi connectivity index (χ0) is 13.6. The summed E-state index contributed by atoms with van der Waals surface area (Å²) < 4.78 is 5.39. The van der Waals surface area contributed by atoms with Crippen LogP contribution < -0.4 is 0 Å². The molecule has 1 saturated heterocycles. The second-order valence-electron chi connectivity index (χ2n) is 4.88. The van der Waals surface area contributed by atoms with Gasteiger partial charge in [0.2, 0.25) is 0 Å². The molecular weight excluding hydrogens is 286 g/mol. The van der Waals surface area contributed by atoms with E-state index < -0.39 is 0 Å². The summed E-state index contributed by atoms with van der Waals surface area (Å²) in [6.07, 6.45) is 3.49. The second-order valence-corrected chi connectivity index (χ2v) is 6.44. The predicted molar refractivity (Wildman–Crippen MR) is 87.6 cm³/mol. The fourth-order valence-corrected chi connectivity index (χ4v) is 3.77. The molecule has 0 amide bonds. The molecule has 20 heavy (non-hydrogen) atoms. The maximum atomic E-state index is 5.39. The van der Waals surface area contributed by atoms with Gasteiger partial charge in [0.1, 0.15) is 0 Å². The third-order valence-corrected chi connectivity index (χ3v) is 4.93. The Morgan fingerprint density at radius 1 is 1.10 bits per heavy atom. The maximum absolute atomic E-state index is 5.39. The van der Waals surface area contributed by atoms with E-state index >= 15 is 0 Å². The van der Waals surface area contributed by atoms with E-state index in [1.807, 2.05) is 0 Å². The lowest BCUT2D eigenvalue weighted by molar-refractivity contribution is 0.0387. The first-order valence-electron chi connectivity index (χ1n) is 6.99. The van der Waals surface area contributed by atoms with Gasteiger partial charge in [-0.05, 0) is 56.8 Å². The zero-order valence-electron chi connectivity index (χ0n) is 11.5. The molecule has 106 valence electrons. The fraction of sp³-hybridized carbons (Fsp3) is 0.375.